The standard InChI is InChI=1S/C29H40Cl2N9O/c1-4-38-8-5-22(21(38)2)15-23(16-32)27-29(40-9-6-33-17-26(40)35-27)34-7-14-41-20-37-10-12-39(13-11-37)28-24(30)18-36(3)19-25(28)31/h15-19,32,34H,4-14,20H2,1-3H3/q+1. The fourth-order valence-electron chi connectivity index (χ4n) is 5.69. The summed E-state index contributed by atoms with van der Waals surface area (Å²) in [5, 5.41) is 13.1. The van der Waals surface area contributed by atoms with Gasteiger partial charge in [0.15, 0.2) is 18.2 Å². The average molecular weight is 602 g/mol. The first-order chi connectivity index (χ1) is 19.9. The molecule has 3 aliphatic rings. The first-order valence-electron chi connectivity index (χ1n) is 14.3. The highest BCUT2D eigenvalue weighted by Gasteiger charge is 2.24. The number of aromatic nitrogens is 3. The lowest BCUT2D eigenvalue weighted by molar-refractivity contribution is -0.671. The summed E-state index contributed by atoms with van der Waals surface area (Å²) in [4.78, 5) is 16.2. The van der Waals surface area contributed by atoms with E-state index in [1.807, 2.05) is 30.2 Å². The van der Waals surface area contributed by atoms with Crippen LogP contribution in [0.3, 0.4) is 0 Å². The zero-order chi connectivity index (χ0) is 28.9. The number of nitrogens with one attached hydrogen (secondary N) is 2. The van der Waals surface area contributed by atoms with Crippen LogP contribution >= 0.6 is 23.2 Å². The van der Waals surface area contributed by atoms with Gasteiger partial charge in [0.25, 0.3) is 0 Å². The number of fused-ring (bicyclic) bond motifs is 1. The van der Waals surface area contributed by atoms with Crippen LogP contribution in [0.25, 0.3) is 5.57 Å². The highest BCUT2D eigenvalue weighted by atomic mass is 35.5. The third-order valence-corrected chi connectivity index (χ3v) is 8.53. The van der Waals surface area contributed by atoms with Crippen LogP contribution in [0.2, 0.25) is 10.0 Å². The molecule has 3 aliphatic heterocycles. The number of rotatable bonds is 11. The second-order valence-corrected chi connectivity index (χ2v) is 11.4. The Morgan fingerprint density at radius 1 is 1.15 bits per heavy atom. The van der Waals surface area contributed by atoms with Crippen molar-refractivity contribution < 1.29 is 9.30 Å². The number of hydrogen-bond donors (Lipinski definition) is 2. The molecule has 0 atom stereocenters. The van der Waals surface area contributed by atoms with E-state index in [0.29, 0.717) is 29.9 Å². The summed E-state index contributed by atoms with van der Waals surface area (Å²) in [6.07, 6.45) is 10.1. The molecule has 0 saturated carbocycles. The van der Waals surface area contributed by atoms with Crippen LogP contribution in [0, 0.1) is 5.41 Å². The third-order valence-electron chi connectivity index (χ3n) is 7.97. The Bertz CT molecular complexity index is 1340. The summed E-state index contributed by atoms with van der Waals surface area (Å²) in [7, 11) is 1.92. The minimum atomic E-state index is 0.556. The summed E-state index contributed by atoms with van der Waals surface area (Å²) >= 11 is 13.0. The first-order valence-corrected chi connectivity index (χ1v) is 15.1. The molecule has 1 saturated heterocycles. The average Bonchev–Trinajstić information content (AvgIpc) is 3.51. The van der Waals surface area contributed by atoms with E-state index in [4.69, 9.17) is 38.3 Å². The molecule has 0 radical (unpaired) electrons. The van der Waals surface area contributed by atoms with Gasteiger partial charge >= 0.3 is 0 Å². The first kappa shape index (κ1) is 29.6. The molecule has 10 nitrogen and oxygen atoms in total. The van der Waals surface area contributed by atoms with Crippen molar-refractivity contribution in [2.45, 2.75) is 26.8 Å². The van der Waals surface area contributed by atoms with Crippen molar-refractivity contribution in [1.82, 2.24) is 19.4 Å². The second kappa shape index (κ2) is 13.4. The summed E-state index contributed by atoms with van der Waals surface area (Å²) in [5.74, 6) is 1.74. The molecular weight excluding hydrogens is 561 g/mol. The molecule has 0 spiro atoms. The number of aryl methyl sites for hydroxylation is 1. The zero-order valence-electron chi connectivity index (χ0n) is 24.2. The SMILES string of the molecule is CCN1CCC(C=C(C=N)c2nc3n(c2NCCOCN2CCN(c4c(Cl)c[n+](C)cc4Cl)CC2)CCN=C3)=C1C. The van der Waals surface area contributed by atoms with Crippen molar-refractivity contribution in [3.63, 3.8) is 0 Å². The summed E-state index contributed by atoms with van der Waals surface area (Å²) in [6, 6.07) is 0. The van der Waals surface area contributed by atoms with E-state index in [-0.39, 0.29) is 0 Å². The Balaban J connectivity index is 1.17. The van der Waals surface area contributed by atoms with Gasteiger partial charge in [0.2, 0.25) is 0 Å². The van der Waals surface area contributed by atoms with Crippen LogP contribution in [0.5, 0.6) is 0 Å². The lowest BCUT2D eigenvalue weighted by atomic mass is 10.1. The predicted octanol–water partition coefficient (Wildman–Crippen LogP) is 3.69. The smallest absolute Gasteiger partial charge is 0.189 e. The molecule has 2 N–H and O–H groups in total. The topological polar surface area (TPSA) is 88.9 Å². The summed E-state index contributed by atoms with van der Waals surface area (Å²) in [5.41, 5.74) is 5.06. The number of anilines is 2. The quantitative estimate of drug-likeness (QED) is 0.232. The van der Waals surface area contributed by atoms with Crippen molar-refractivity contribution in [3.05, 3.63) is 51.3 Å². The highest BCUT2D eigenvalue weighted by molar-refractivity contribution is 6.38. The minimum absolute atomic E-state index is 0.556. The number of ether oxygens (including phenoxy) is 1. The molecule has 5 rings (SSSR count). The number of pyridine rings is 1. The Morgan fingerprint density at radius 2 is 1.90 bits per heavy atom. The number of allylic oxidation sites excluding steroid dienone is 3. The maximum Gasteiger partial charge on any atom is 0.189 e. The van der Waals surface area contributed by atoms with Crippen molar-refractivity contribution >= 4 is 52.7 Å². The minimum Gasteiger partial charge on any atom is -0.375 e. The van der Waals surface area contributed by atoms with E-state index in [1.54, 1.807) is 0 Å². The van der Waals surface area contributed by atoms with Gasteiger partial charge in [-0.1, -0.05) is 23.2 Å². The van der Waals surface area contributed by atoms with Crippen LogP contribution in [-0.2, 0) is 18.3 Å². The number of hydrogen-bond acceptors (Lipinski definition) is 8. The van der Waals surface area contributed by atoms with Gasteiger partial charge in [-0.15, -0.1) is 0 Å². The lowest BCUT2D eigenvalue weighted by Crippen LogP contribution is -2.47. The normalized spacial score (nSPS) is 17.9. The lowest BCUT2D eigenvalue weighted by Gasteiger charge is -2.36. The number of halogens is 2. The van der Waals surface area contributed by atoms with E-state index in [1.165, 1.54) is 17.5 Å². The molecule has 0 aromatic carbocycles. The number of aliphatic imine (C=N–C) groups is 1. The molecule has 0 bridgehead atoms. The van der Waals surface area contributed by atoms with Crippen molar-refractivity contribution in [2.75, 3.05) is 75.9 Å². The molecule has 41 heavy (non-hydrogen) atoms. The monoisotopic (exact) mass is 600 g/mol. The van der Waals surface area contributed by atoms with Crippen LogP contribution in [0.15, 0.2) is 34.7 Å². The van der Waals surface area contributed by atoms with Gasteiger partial charge in [0, 0.05) is 69.8 Å². The van der Waals surface area contributed by atoms with Gasteiger partial charge < -0.3 is 29.8 Å². The van der Waals surface area contributed by atoms with Gasteiger partial charge in [0.05, 0.1) is 31.8 Å². The Labute approximate surface area is 252 Å². The number of imidazole rings is 1. The predicted molar refractivity (Wildman–Crippen MR) is 167 cm³/mol. The number of piperazine rings is 1. The third kappa shape index (κ3) is 6.61. The fourth-order valence-corrected chi connectivity index (χ4v) is 6.49. The van der Waals surface area contributed by atoms with Gasteiger partial charge in [-0.3, -0.25) is 9.89 Å². The van der Waals surface area contributed by atoms with Gasteiger partial charge in [0.1, 0.15) is 28.6 Å². The van der Waals surface area contributed by atoms with E-state index < -0.39 is 0 Å². The highest BCUT2D eigenvalue weighted by Crippen LogP contribution is 2.33. The maximum atomic E-state index is 8.20. The largest absolute Gasteiger partial charge is 0.375 e. The second-order valence-electron chi connectivity index (χ2n) is 10.6. The van der Waals surface area contributed by atoms with Crippen LogP contribution in [0.1, 0.15) is 31.8 Å². The van der Waals surface area contributed by atoms with E-state index in [9.17, 15) is 0 Å². The molecule has 2 aromatic rings. The van der Waals surface area contributed by atoms with Gasteiger partial charge in [-0.25, -0.2) is 9.55 Å². The molecule has 12 heteroatoms. The van der Waals surface area contributed by atoms with Gasteiger partial charge in [-0.05, 0) is 31.9 Å². The Hall–Kier alpha value is -2.92. The Kier molecular flexibility index (Phi) is 9.64. The maximum absolute atomic E-state index is 8.20. The van der Waals surface area contributed by atoms with Crippen LogP contribution in [-0.4, -0.2) is 97.5 Å². The van der Waals surface area contributed by atoms with Crippen LogP contribution < -0.4 is 14.8 Å². The van der Waals surface area contributed by atoms with Gasteiger partial charge in [-0.2, -0.15) is 0 Å². The summed E-state index contributed by atoms with van der Waals surface area (Å²) < 4.78 is 10.1. The van der Waals surface area contributed by atoms with Crippen LogP contribution in [0.4, 0.5) is 11.5 Å². The molecule has 0 aliphatic carbocycles. The molecule has 0 amide bonds. The summed E-state index contributed by atoms with van der Waals surface area (Å²) in [6.45, 7) is 13.0. The molecule has 5 heterocycles. The zero-order valence-corrected chi connectivity index (χ0v) is 25.7. The van der Waals surface area contributed by atoms with E-state index >= 15 is 0 Å². The fraction of sp³-hybridized carbons (Fsp3) is 0.517. The molecular formula is C29H40Cl2N9O+. The number of nitrogens with zero attached hydrogens (tertiary/aromatic N) is 7. The Morgan fingerprint density at radius 3 is 2.59 bits per heavy atom. The van der Waals surface area contributed by atoms with Crippen molar-refractivity contribution in [1.29, 1.82) is 5.41 Å². The molecule has 1 fully saturated rings. The van der Waals surface area contributed by atoms with Crippen molar-refractivity contribution in [2.24, 2.45) is 12.0 Å². The van der Waals surface area contributed by atoms with Crippen molar-refractivity contribution in [3.8, 4) is 0 Å². The molecule has 2 aromatic heterocycles. The van der Waals surface area contributed by atoms with E-state index in [2.05, 4.69) is 49.5 Å². The molecule has 220 valence electrons. The van der Waals surface area contributed by atoms with E-state index in [0.717, 1.165) is 87.4 Å². The molecule has 0 unspecified atom stereocenters.